The maximum atomic E-state index is 12.7. The summed E-state index contributed by atoms with van der Waals surface area (Å²) in [5.74, 6) is -0.0965. The topological polar surface area (TPSA) is 71.0 Å². The zero-order chi connectivity index (χ0) is 35.5. The fourth-order valence-corrected chi connectivity index (χ4v) is 6.79. The largest absolute Gasteiger partial charge is 0.392 e. The van der Waals surface area contributed by atoms with Crippen molar-refractivity contribution >= 4 is 5.91 Å². The van der Waals surface area contributed by atoms with Gasteiger partial charge in [0.1, 0.15) is 0 Å². The molecule has 1 aliphatic rings. The third kappa shape index (κ3) is 9.29. The van der Waals surface area contributed by atoms with E-state index >= 15 is 0 Å². The molecular weight excluding hydrogens is 645 g/mol. The lowest BCUT2D eigenvalue weighted by Crippen LogP contribution is -2.39. The number of benzene rings is 6. The van der Waals surface area contributed by atoms with Gasteiger partial charge in [0.25, 0.3) is 5.91 Å². The van der Waals surface area contributed by atoms with Gasteiger partial charge in [-0.2, -0.15) is 0 Å². The molecule has 1 amide bonds. The summed E-state index contributed by atoms with van der Waals surface area (Å²) in [5.41, 5.74) is 9.14. The highest BCUT2D eigenvalue weighted by atomic mass is 16.7. The molecule has 3 atom stereocenters. The molecule has 2 N–H and O–H groups in total. The summed E-state index contributed by atoms with van der Waals surface area (Å²) in [6, 6.07) is 55.1. The van der Waals surface area contributed by atoms with Gasteiger partial charge in [0.2, 0.25) is 0 Å². The van der Waals surface area contributed by atoms with E-state index in [9.17, 15) is 9.90 Å². The second kappa shape index (κ2) is 17.2. The number of hydrogen-bond acceptors (Lipinski definition) is 5. The number of carbonyl (C=O) groups excluding carboxylic acids is 1. The minimum atomic E-state index is -0.579. The van der Waals surface area contributed by atoms with E-state index in [0.29, 0.717) is 18.5 Å². The Labute approximate surface area is 306 Å². The molecule has 6 nitrogen and oxygen atoms in total. The Balaban J connectivity index is 1.13. The van der Waals surface area contributed by atoms with Crippen molar-refractivity contribution in [1.82, 2.24) is 10.2 Å². The van der Waals surface area contributed by atoms with Crippen LogP contribution in [0.4, 0.5) is 0 Å². The average Bonchev–Trinajstić information content (AvgIpc) is 3.21. The minimum Gasteiger partial charge on any atom is -0.392 e. The quantitative estimate of drug-likeness (QED) is 0.127. The van der Waals surface area contributed by atoms with Crippen molar-refractivity contribution in [1.29, 1.82) is 0 Å². The lowest BCUT2D eigenvalue weighted by atomic mass is 9.98. The number of ether oxygens (including phenoxy) is 2. The maximum absolute atomic E-state index is 12.7. The third-order valence-electron chi connectivity index (χ3n) is 9.48. The van der Waals surface area contributed by atoms with Crippen LogP contribution in [0.25, 0.3) is 11.1 Å². The normalized spacial score (nSPS) is 17.2. The number of aliphatic hydroxyl groups is 1. The second-order valence-electron chi connectivity index (χ2n) is 13.4. The molecule has 1 aliphatic heterocycles. The molecule has 6 heteroatoms. The van der Waals surface area contributed by atoms with Crippen LogP contribution in [0, 0.1) is 0 Å². The highest BCUT2D eigenvalue weighted by Gasteiger charge is 2.33. The van der Waals surface area contributed by atoms with Gasteiger partial charge in [-0.1, -0.05) is 140 Å². The molecule has 0 saturated carbocycles. The van der Waals surface area contributed by atoms with Crippen LogP contribution >= 0.6 is 0 Å². The Hall–Kier alpha value is -5.37. The first-order chi connectivity index (χ1) is 25.6. The molecule has 7 rings (SSSR count). The van der Waals surface area contributed by atoms with Crippen molar-refractivity contribution in [2.24, 2.45) is 0 Å². The molecule has 0 radical (unpaired) electrons. The van der Waals surface area contributed by atoms with Gasteiger partial charge in [-0.15, -0.1) is 0 Å². The van der Waals surface area contributed by atoms with Crippen LogP contribution in [0.1, 0.15) is 62.6 Å². The predicted molar refractivity (Wildman–Crippen MR) is 205 cm³/mol. The molecule has 6 aromatic rings. The van der Waals surface area contributed by atoms with Gasteiger partial charge in [0, 0.05) is 43.7 Å². The van der Waals surface area contributed by atoms with Crippen LogP contribution < -0.4 is 5.32 Å². The Morgan fingerprint density at radius 2 is 1.21 bits per heavy atom. The first kappa shape index (κ1) is 35.1. The van der Waals surface area contributed by atoms with Gasteiger partial charge >= 0.3 is 0 Å². The number of nitrogens with one attached hydrogen (secondary N) is 1. The maximum Gasteiger partial charge on any atom is 0.251 e. The number of amides is 1. The van der Waals surface area contributed by atoms with E-state index in [4.69, 9.17) is 9.47 Å². The van der Waals surface area contributed by atoms with E-state index in [1.165, 1.54) is 11.1 Å². The summed E-state index contributed by atoms with van der Waals surface area (Å²) >= 11 is 0. The van der Waals surface area contributed by atoms with E-state index in [2.05, 4.69) is 113 Å². The summed E-state index contributed by atoms with van der Waals surface area (Å²) in [6.45, 7) is 2.76. The van der Waals surface area contributed by atoms with Crippen molar-refractivity contribution in [3.63, 3.8) is 0 Å². The number of hydrogen-bond donors (Lipinski definition) is 2. The number of aliphatic hydroxyl groups excluding tert-OH is 1. The Morgan fingerprint density at radius 3 is 1.87 bits per heavy atom. The standard InChI is InChI=1S/C46H44N2O4/c49-33-36-22-24-38(25-23-36)44-28-43(32-48(30-34-12-4-1-5-13-34)31-35-14-6-2-7-15-35)51-46(52-44)42-21-11-20-41(27-42)40-19-10-16-37(26-40)29-47-45(50)39-17-8-3-9-18-39/h1-27,43-44,46,49H,28-33H2,(H,47,50). The van der Waals surface area contributed by atoms with Crippen molar-refractivity contribution in [2.45, 2.75) is 51.2 Å². The lowest BCUT2D eigenvalue weighted by Gasteiger charge is -2.38. The van der Waals surface area contributed by atoms with E-state index in [0.717, 1.165) is 53.0 Å². The molecule has 6 aromatic carbocycles. The molecule has 0 spiro atoms. The summed E-state index contributed by atoms with van der Waals surface area (Å²) in [6.07, 6.45) is -0.170. The molecule has 0 aliphatic carbocycles. The van der Waals surface area contributed by atoms with Crippen LogP contribution in [0.15, 0.2) is 164 Å². The first-order valence-corrected chi connectivity index (χ1v) is 17.9. The van der Waals surface area contributed by atoms with E-state index in [1.54, 1.807) is 0 Å². The molecule has 262 valence electrons. The Bertz CT molecular complexity index is 1980. The molecule has 3 unspecified atom stereocenters. The monoisotopic (exact) mass is 688 g/mol. The zero-order valence-electron chi connectivity index (χ0n) is 29.2. The van der Waals surface area contributed by atoms with Gasteiger partial charge in [-0.25, -0.2) is 0 Å². The van der Waals surface area contributed by atoms with Crippen LogP contribution in [-0.4, -0.2) is 28.6 Å². The summed E-state index contributed by atoms with van der Waals surface area (Å²) in [5, 5.41) is 12.7. The number of carbonyl (C=O) groups is 1. The highest BCUT2D eigenvalue weighted by molar-refractivity contribution is 5.94. The van der Waals surface area contributed by atoms with Gasteiger partial charge < -0.3 is 19.9 Å². The van der Waals surface area contributed by atoms with Gasteiger partial charge in [0.05, 0.1) is 18.8 Å². The molecule has 0 aromatic heterocycles. The lowest BCUT2D eigenvalue weighted by molar-refractivity contribution is -0.253. The van der Waals surface area contributed by atoms with E-state index < -0.39 is 6.29 Å². The first-order valence-electron chi connectivity index (χ1n) is 17.9. The molecule has 1 saturated heterocycles. The Morgan fingerprint density at radius 1 is 0.615 bits per heavy atom. The molecule has 52 heavy (non-hydrogen) atoms. The van der Waals surface area contributed by atoms with Crippen molar-refractivity contribution in [3.05, 3.63) is 203 Å². The number of nitrogens with zero attached hydrogens (tertiary/aromatic N) is 1. The van der Waals surface area contributed by atoms with Crippen molar-refractivity contribution < 1.29 is 19.4 Å². The molecule has 0 bridgehead atoms. The summed E-state index contributed by atoms with van der Waals surface area (Å²) in [4.78, 5) is 15.1. The molecule has 1 fully saturated rings. The van der Waals surface area contributed by atoms with Gasteiger partial charge in [-0.05, 0) is 63.2 Å². The van der Waals surface area contributed by atoms with Crippen LogP contribution in [0.2, 0.25) is 0 Å². The van der Waals surface area contributed by atoms with E-state index in [1.807, 2.05) is 60.7 Å². The van der Waals surface area contributed by atoms with Crippen molar-refractivity contribution in [2.75, 3.05) is 6.54 Å². The van der Waals surface area contributed by atoms with Crippen molar-refractivity contribution in [3.8, 4) is 11.1 Å². The fourth-order valence-electron chi connectivity index (χ4n) is 6.79. The van der Waals surface area contributed by atoms with Crippen LogP contribution in [-0.2, 0) is 35.7 Å². The number of rotatable bonds is 13. The van der Waals surface area contributed by atoms with Crippen LogP contribution in [0.3, 0.4) is 0 Å². The third-order valence-corrected chi connectivity index (χ3v) is 9.48. The fraction of sp³-hybridized carbons (Fsp3) is 0.196. The molecular formula is C46H44N2O4. The Kier molecular flexibility index (Phi) is 11.6. The summed E-state index contributed by atoms with van der Waals surface area (Å²) < 4.78 is 13.6. The predicted octanol–water partition coefficient (Wildman–Crippen LogP) is 9.02. The second-order valence-corrected chi connectivity index (χ2v) is 13.4. The van der Waals surface area contributed by atoms with Crippen LogP contribution in [0.5, 0.6) is 0 Å². The average molecular weight is 689 g/mol. The molecule has 1 heterocycles. The van der Waals surface area contributed by atoms with E-state index in [-0.39, 0.29) is 24.7 Å². The highest BCUT2D eigenvalue weighted by Crippen LogP contribution is 2.39. The zero-order valence-corrected chi connectivity index (χ0v) is 29.2. The van der Waals surface area contributed by atoms with Gasteiger partial charge in [-0.3, -0.25) is 9.69 Å². The summed E-state index contributed by atoms with van der Waals surface area (Å²) in [7, 11) is 0. The minimum absolute atomic E-state index is 0.00147. The smallest absolute Gasteiger partial charge is 0.251 e. The van der Waals surface area contributed by atoms with Gasteiger partial charge in [0.15, 0.2) is 6.29 Å². The SMILES string of the molecule is O=C(NCc1cccc(-c2cccc(C3OC(CN(Cc4ccccc4)Cc4ccccc4)CC(c4ccc(CO)cc4)O3)c2)c1)c1ccccc1.